The molecule has 1 aromatic carbocycles. The maximum absolute atomic E-state index is 12.6. The minimum atomic E-state index is -0.333. The number of piperidine rings is 1. The van der Waals surface area contributed by atoms with Crippen molar-refractivity contribution in [3.63, 3.8) is 0 Å². The number of likely N-dealkylation sites (tertiary alicyclic amines) is 2. The fraction of sp³-hybridized carbons (Fsp3) is 0.435. The zero-order chi connectivity index (χ0) is 21.8. The van der Waals surface area contributed by atoms with Gasteiger partial charge in [-0.05, 0) is 74.2 Å². The fourth-order valence-electron chi connectivity index (χ4n) is 4.51. The molecule has 0 radical (unpaired) electrons. The first-order valence-electron chi connectivity index (χ1n) is 10.7. The molecule has 1 aromatic heterocycles. The van der Waals surface area contributed by atoms with Crippen LogP contribution in [-0.2, 0) is 4.79 Å². The molecule has 2 aromatic rings. The molecule has 2 saturated heterocycles. The van der Waals surface area contributed by atoms with E-state index in [1.54, 1.807) is 12.1 Å². The third-order valence-corrected chi connectivity index (χ3v) is 7.06. The average molecular weight is 461 g/mol. The van der Waals surface area contributed by atoms with Gasteiger partial charge in [-0.1, -0.05) is 23.2 Å². The van der Waals surface area contributed by atoms with Crippen LogP contribution in [0.3, 0.4) is 0 Å². The molecule has 4 rings (SSSR count). The lowest BCUT2D eigenvalue weighted by Gasteiger charge is -2.36. The van der Waals surface area contributed by atoms with Gasteiger partial charge >= 0.3 is 0 Å². The second-order valence-electron chi connectivity index (χ2n) is 8.18. The number of carbonyl (C=O) groups is 2. The maximum atomic E-state index is 12.6. The third-order valence-electron chi connectivity index (χ3n) is 6.32. The smallest absolute Gasteiger partial charge is 0.251 e. The van der Waals surface area contributed by atoms with Crippen LogP contribution in [0, 0.1) is 0 Å². The highest BCUT2D eigenvalue weighted by molar-refractivity contribution is 6.42. The lowest BCUT2D eigenvalue weighted by Crippen LogP contribution is -2.44. The van der Waals surface area contributed by atoms with E-state index in [9.17, 15) is 9.59 Å². The standard InChI is InChI=1S/C23H26Cl2N4O2/c24-20-2-1-18(13-21(20)25)23(31)27-14-22(30)29-12-7-19(15-29)28-10-5-17(6-11-28)16-3-8-26-9-4-16/h1-4,8-9,13,17,19H,5-7,10-12,14-15H2,(H,27,31). The summed E-state index contributed by atoms with van der Waals surface area (Å²) >= 11 is 11.8. The highest BCUT2D eigenvalue weighted by Gasteiger charge is 2.32. The van der Waals surface area contributed by atoms with Crippen LogP contribution < -0.4 is 5.32 Å². The van der Waals surface area contributed by atoms with Gasteiger partial charge in [-0.2, -0.15) is 0 Å². The third kappa shape index (κ3) is 5.37. The van der Waals surface area contributed by atoms with Gasteiger partial charge in [0.2, 0.25) is 5.91 Å². The summed E-state index contributed by atoms with van der Waals surface area (Å²) in [5, 5.41) is 3.40. The molecule has 164 valence electrons. The van der Waals surface area contributed by atoms with E-state index in [1.165, 1.54) is 11.6 Å². The van der Waals surface area contributed by atoms with Crippen molar-refractivity contribution < 1.29 is 9.59 Å². The molecule has 0 bridgehead atoms. The van der Waals surface area contributed by atoms with Gasteiger partial charge < -0.3 is 10.2 Å². The number of aromatic nitrogens is 1. The summed E-state index contributed by atoms with van der Waals surface area (Å²) in [6.45, 7) is 3.54. The first kappa shape index (κ1) is 22.1. The number of amides is 2. The Balaban J connectivity index is 1.23. The van der Waals surface area contributed by atoms with Crippen molar-refractivity contribution in [1.29, 1.82) is 0 Å². The molecule has 2 aliphatic heterocycles. The van der Waals surface area contributed by atoms with E-state index >= 15 is 0 Å². The number of benzene rings is 1. The van der Waals surface area contributed by atoms with Gasteiger partial charge in [0.25, 0.3) is 5.91 Å². The zero-order valence-electron chi connectivity index (χ0n) is 17.3. The van der Waals surface area contributed by atoms with E-state index < -0.39 is 0 Å². The highest BCUT2D eigenvalue weighted by Crippen LogP contribution is 2.30. The summed E-state index contributed by atoms with van der Waals surface area (Å²) in [6.07, 6.45) is 6.97. The van der Waals surface area contributed by atoms with E-state index in [2.05, 4.69) is 27.3 Å². The molecule has 1 atom stereocenters. The van der Waals surface area contributed by atoms with Crippen LogP contribution >= 0.6 is 23.2 Å². The molecule has 0 spiro atoms. The Labute approximate surface area is 192 Å². The molecule has 2 fully saturated rings. The van der Waals surface area contributed by atoms with Gasteiger partial charge in [-0.3, -0.25) is 19.5 Å². The first-order chi connectivity index (χ1) is 15.0. The molecule has 2 amide bonds. The molecule has 3 heterocycles. The van der Waals surface area contributed by atoms with Gasteiger partial charge in [-0.15, -0.1) is 0 Å². The number of hydrogen-bond donors (Lipinski definition) is 1. The molecule has 8 heteroatoms. The number of rotatable bonds is 5. The Morgan fingerprint density at radius 3 is 2.45 bits per heavy atom. The van der Waals surface area contributed by atoms with E-state index in [-0.39, 0.29) is 18.4 Å². The Morgan fingerprint density at radius 1 is 1.00 bits per heavy atom. The molecule has 2 aliphatic rings. The summed E-state index contributed by atoms with van der Waals surface area (Å²) in [6, 6.07) is 9.29. The van der Waals surface area contributed by atoms with Crippen molar-refractivity contribution in [2.24, 2.45) is 0 Å². The number of halogens is 2. The number of nitrogens with zero attached hydrogens (tertiary/aromatic N) is 3. The van der Waals surface area contributed by atoms with Crippen LogP contribution in [0.15, 0.2) is 42.7 Å². The Morgan fingerprint density at radius 2 is 1.74 bits per heavy atom. The van der Waals surface area contributed by atoms with Crippen molar-refractivity contribution >= 4 is 35.0 Å². The van der Waals surface area contributed by atoms with Crippen LogP contribution in [0.25, 0.3) is 0 Å². The van der Waals surface area contributed by atoms with Gasteiger partial charge in [0.1, 0.15) is 0 Å². The number of carbonyl (C=O) groups excluding carboxylic acids is 2. The minimum Gasteiger partial charge on any atom is -0.343 e. The van der Waals surface area contributed by atoms with E-state index in [0.717, 1.165) is 45.4 Å². The maximum Gasteiger partial charge on any atom is 0.251 e. The second-order valence-corrected chi connectivity index (χ2v) is 9.00. The summed E-state index contributed by atoms with van der Waals surface area (Å²) in [7, 11) is 0. The summed E-state index contributed by atoms with van der Waals surface area (Å²) in [4.78, 5) is 33.4. The fourth-order valence-corrected chi connectivity index (χ4v) is 4.81. The lowest BCUT2D eigenvalue weighted by atomic mass is 9.89. The van der Waals surface area contributed by atoms with Crippen molar-refractivity contribution in [3.8, 4) is 0 Å². The largest absolute Gasteiger partial charge is 0.343 e. The molecule has 1 unspecified atom stereocenters. The van der Waals surface area contributed by atoms with Gasteiger partial charge in [-0.25, -0.2) is 0 Å². The predicted molar refractivity (Wildman–Crippen MR) is 122 cm³/mol. The normalized spacial score (nSPS) is 20.1. The van der Waals surface area contributed by atoms with Gasteiger partial charge in [0.15, 0.2) is 0 Å². The average Bonchev–Trinajstić information content (AvgIpc) is 3.30. The summed E-state index contributed by atoms with van der Waals surface area (Å²) < 4.78 is 0. The predicted octanol–water partition coefficient (Wildman–Crippen LogP) is 3.60. The number of hydrogen-bond acceptors (Lipinski definition) is 4. The van der Waals surface area contributed by atoms with Crippen molar-refractivity contribution in [2.45, 2.75) is 31.2 Å². The molecule has 0 saturated carbocycles. The minimum absolute atomic E-state index is 0.0179. The summed E-state index contributed by atoms with van der Waals surface area (Å²) in [5.41, 5.74) is 1.76. The van der Waals surface area contributed by atoms with Crippen molar-refractivity contribution in [3.05, 3.63) is 63.9 Å². The van der Waals surface area contributed by atoms with E-state index in [4.69, 9.17) is 23.2 Å². The first-order valence-corrected chi connectivity index (χ1v) is 11.4. The quantitative estimate of drug-likeness (QED) is 0.739. The van der Waals surface area contributed by atoms with Gasteiger partial charge in [0, 0.05) is 37.1 Å². The topological polar surface area (TPSA) is 65.5 Å². The molecular formula is C23H26Cl2N4O2. The number of nitrogens with one attached hydrogen (secondary N) is 1. The Hall–Kier alpha value is -2.15. The molecule has 0 aliphatic carbocycles. The van der Waals surface area contributed by atoms with Crippen LogP contribution in [0.4, 0.5) is 0 Å². The lowest BCUT2D eigenvalue weighted by molar-refractivity contribution is -0.129. The second kappa shape index (κ2) is 9.98. The SMILES string of the molecule is O=C(NCC(=O)N1CCC(N2CCC(c3ccncc3)CC2)C1)c1ccc(Cl)c(Cl)c1. The molecule has 31 heavy (non-hydrogen) atoms. The Kier molecular flexibility index (Phi) is 7.10. The van der Waals surface area contributed by atoms with Gasteiger partial charge in [0.05, 0.1) is 16.6 Å². The van der Waals surface area contributed by atoms with E-state index in [1.807, 2.05) is 17.3 Å². The zero-order valence-corrected chi connectivity index (χ0v) is 18.8. The monoisotopic (exact) mass is 460 g/mol. The van der Waals surface area contributed by atoms with Crippen molar-refractivity contribution in [1.82, 2.24) is 20.1 Å². The van der Waals surface area contributed by atoms with Crippen LogP contribution in [-0.4, -0.2) is 65.4 Å². The molecule has 1 N–H and O–H groups in total. The van der Waals surface area contributed by atoms with Crippen molar-refractivity contribution in [2.75, 3.05) is 32.7 Å². The van der Waals surface area contributed by atoms with Crippen LogP contribution in [0.2, 0.25) is 10.0 Å². The molecule has 6 nitrogen and oxygen atoms in total. The Bertz CT molecular complexity index is 932. The van der Waals surface area contributed by atoms with Crippen LogP contribution in [0.1, 0.15) is 41.1 Å². The number of pyridine rings is 1. The molecular weight excluding hydrogens is 435 g/mol. The summed E-state index contributed by atoms with van der Waals surface area (Å²) in [5.74, 6) is 0.207. The van der Waals surface area contributed by atoms with Crippen LogP contribution in [0.5, 0.6) is 0 Å². The highest BCUT2D eigenvalue weighted by atomic mass is 35.5. The van der Waals surface area contributed by atoms with E-state index in [0.29, 0.717) is 27.6 Å².